The van der Waals surface area contributed by atoms with Crippen molar-refractivity contribution in [3.05, 3.63) is 29.8 Å². The average molecular weight is 237 g/mol. The molecule has 1 fully saturated rings. The topological polar surface area (TPSA) is 21.3 Å². The average Bonchev–Trinajstić information content (AvgIpc) is 2.82. The molecule has 0 spiro atoms. The highest BCUT2D eigenvalue weighted by Crippen LogP contribution is 2.17. The summed E-state index contributed by atoms with van der Waals surface area (Å²) in [5.74, 6) is 3.54. The number of hydrogen-bond donors (Lipinski definition) is 1. The standard InChI is InChI=1S/C13H19NOS/c1-15-13-4-2-3-11(9-13)5-7-14-12-6-8-16-10-12/h2-4,9,12,14H,5-8,10H2,1H3/t12-/m0/s1. The predicted molar refractivity (Wildman–Crippen MR) is 70.4 cm³/mol. The molecule has 1 aliphatic rings. The van der Waals surface area contributed by atoms with Gasteiger partial charge in [-0.25, -0.2) is 0 Å². The summed E-state index contributed by atoms with van der Waals surface area (Å²) in [6.07, 6.45) is 2.40. The summed E-state index contributed by atoms with van der Waals surface area (Å²) >= 11 is 2.05. The highest BCUT2D eigenvalue weighted by Gasteiger charge is 2.13. The molecule has 3 heteroatoms. The molecule has 1 aromatic carbocycles. The van der Waals surface area contributed by atoms with Gasteiger partial charge in [-0.3, -0.25) is 0 Å². The number of nitrogens with one attached hydrogen (secondary N) is 1. The Hall–Kier alpha value is -0.670. The van der Waals surface area contributed by atoms with Gasteiger partial charge in [-0.05, 0) is 42.8 Å². The van der Waals surface area contributed by atoms with E-state index in [-0.39, 0.29) is 0 Å². The molecule has 0 amide bonds. The molecular weight excluding hydrogens is 218 g/mol. The molecule has 1 aliphatic heterocycles. The summed E-state index contributed by atoms with van der Waals surface area (Å²) in [5.41, 5.74) is 1.34. The fourth-order valence-electron chi connectivity index (χ4n) is 1.94. The molecule has 16 heavy (non-hydrogen) atoms. The quantitative estimate of drug-likeness (QED) is 0.849. The minimum absolute atomic E-state index is 0.732. The maximum atomic E-state index is 5.21. The molecule has 0 unspecified atom stereocenters. The molecule has 0 aliphatic carbocycles. The maximum absolute atomic E-state index is 5.21. The number of hydrogen-bond acceptors (Lipinski definition) is 3. The van der Waals surface area contributed by atoms with Gasteiger partial charge in [0.05, 0.1) is 7.11 Å². The van der Waals surface area contributed by atoms with Crippen molar-refractivity contribution in [2.24, 2.45) is 0 Å². The Morgan fingerprint density at radius 3 is 3.19 bits per heavy atom. The Morgan fingerprint density at radius 2 is 2.44 bits per heavy atom. The molecule has 2 rings (SSSR count). The lowest BCUT2D eigenvalue weighted by molar-refractivity contribution is 0.414. The zero-order valence-corrected chi connectivity index (χ0v) is 10.6. The molecule has 0 aromatic heterocycles. The van der Waals surface area contributed by atoms with Gasteiger partial charge >= 0.3 is 0 Å². The summed E-state index contributed by atoms with van der Waals surface area (Å²) in [6.45, 7) is 1.07. The van der Waals surface area contributed by atoms with Crippen molar-refractivity contribution in [3.63, 3.8) is 0 Å². The lowest BCUT2D eigenvalue weighted by atomic mass is 10.1. The molecule has 2 nitrogen and oxygen atoms in total. The van der Waals surface area contributed by atoms with Gasteiger partial charge in [-0.1, -0.05) is 12.1 Å². The molecule has 0 bridgehead atoms. The largest absolute Gasteiger partial charge is 0.497 e. The van der Waals surface area contributed by atoms with E-state index in [0.717, 1.165) is 24.8 Å². The number of rotatable bonds is 5. The molecule has 0 saturated carbocycles. The third kappa shape index (κ3) is 3.42. The first kappa shape index (κ1) is 11.8. The van der Waals surface area contributed by atoms with Crippen LogP contribution in [-0.2, 0) is 6.42 Å². The van der Waals surface area contributed by atoms with Gasteiger partial charge in [0, 0.05) is 11.8 Å². The van der Waals surface area contributed by atoms with Crippen LogP contribution in [0.15, 0.2) is 24.3 Å². The highest BCUT2D eigenvalue weighted by atomic mass is 32.2. The molecular formula is C13H19NOS. The fraction of sp³-hybridized carbons (Fsp3) is 0.538. The van der Waals surface area contributed by atoms with Gasteiger partial charge in [0.1, 0.15) is 5.75 Å². The molecule has 88 valence electrons. The molecule has 1 saturated heterocycles. The van der Waals surface area contributed by atoms with Crippen LogP contribution in [0.5, 0.6) is 5.75 Å². The first-order chi connectivity index (χ1) is 7.88. The number of methoxy groups -OCH3 is 1. The van der Waals surface area contributed by atoms with Crippen LogP contribution in [-0.4, -0.2) is 31.2 Å². The molecule has 1 heterocycles. The van der Waals surface area contributed by atoms with Crippen LogP contribution in [0.1, 0.15) is 12.0 Å². The van der Waals surface area contributed by atoms with Crippen molar-refractivity contribution in [1.29, 1.82) is 0 Å². The van der Waals surface area contributed by atoms with Crippen molar-refractivity contribution >= 4 is 11.8 Å². The first-order valence-corrected chi connectivity index (χ1v) is 6.98. The van der Waals surface area contributed by atoms with E-state index in [2.05, 4.69) is 35.3 Å². The lowest BCUT2D eigenvalue weighted by Gasteiger charge is -2.11. The van der Waals surface area contributed by atoms with Crippen LogP contribution in [0.3, 0.4) is 0 Å². The Morgan fingerprint density at radius 1 is 1.50 bits per heavy atom. The van der Waals surface area contributed by atoms with Crippen molar-refractivity contribution in [1.82, 2.24) is 5.32 Å². The Balaban J connectivity index is 1.75. The van der Waals surface area contributed by atoms with Gasteiger partial charge in [0.2, 0.25) is 0 Å². The second-order valence-electron chi connectivity index (χ2n) is 4.12. The molecule has 1 N–H and O–H groups in total. The lowest BCUT2D eigenvalue weighted by Crippen LogP contribution is -2.30. The second-order valence-corrected chi connectivity index (χ2v) is 5.27. The smallest absolute Gasteiger partial charge is 0.119 e. The molecule has 1 atom stereocenters. The summed E-state index contributed by atoms with van der Waals surface area (Å²) in [5, 5.41) is 3.61. The van der Waals surface area contributed by atoms with Crippen LogP contribution >= 0.6 is 11.8 Å². The Bertz CT molecular complexity index is 323. The van der Waals surface area contributed by atoms with Gasteiger partial charge in [0.25, 0.3) is 0 Å². The third-order valence-electron chi connectivity index (χ3n) is 2.91. The van der Waals surface area contributed by atoms with E-state index in [1.165, 1.54) is 23.5 Å². The normalized spacial score (nSPS) is 19.9. The van der Waals surface area contributed by atoms with Crippen molar-refractivity contribution < 1.29 is 4.74 Å². The summed E-state index contributed by atoms with van der Waals surface area (Å²) in [7, 11) is 1.72. The number of ether oxygens (including phenoxy) is 1. The van der Waals surface area contributed by atoms with Gasteiger partial charge in [0.15, 0.2) is 0 Å². The monoisotopic (exact) mass is 237 g/mol. The predicted octanol–water partition coefficient (Wildman–Crippen LogP) is 2.33. The minimum Gasteiger partial charge on any atom is -0.497 e. The van der Waals surface area contributed by atoms with E-state index in [9.17, 15) is 0 Å². The van der Waals surface area contributed by atoms with Crippen LogP contribution in [0.25, 0.3) is 0 Å². The van der Waals surface area contributed by atoms with Gasteiger partial charge < -0.3 is 10.1 Å². The van der Waals surface area contributed by atoms with Crippen LogP contribution < -0.4 is 10.1 Å². The van der Waals surface area contributed by atoms with Crippen molar-refractivity contribution in [3.8, 4) is 5.75 Å². The third-order valence-corrected chi connectivity index (χ3v) is 4.07. The van der Waals surface area contributed by atoms with E-state index < -0.39 is 0 Å². The number of benzene rings is 1. The molecule has 0 radical (unpaired) electrons. The summed E-state index contributed by atoms with van der Waals surface area (Å²) in [4.78, 5) is 0. The van der Waals surface area contributed by atoms with Crippen molar-refractivity contribution in [2.75, 3.05) is 25.2 Å². The number of thioether (sulfide) groups is 1. The second kappa shape index (κ2) is 6.16. The highest BCUT2D eigenvalue weighted by molar-refractivity contribution is 7.99. The SMILES string of the molecule is COc1cccc(CCN[C@H]2CCSC2)c1. The zero-order valence-electron chi connectivity index (χ0n) is 9.74. The first-order valence-electron chi connectivity index (χ1n) is 5.82. The van der Waals surface area contributed by atoms with Gasteiger partial charge in [-0.15, -0.1) is 0 Å². The molecule has 1 aromatic rings. The van der Waals surface area contributed by atoms with E-state index in [1.807, 2.05) is 6.07 Å². The van der Waals surface area contributed by atoms with Crippen LogP contribution in [0.2, 0.25) is 0 Å². The van der Waals surface area contributed by atoms with E-state index >= 15 is 0 Å². The van der Waals surface area contributed by atoms with Crippen molar-refractivity contribution in [2.45, 2.75) is 18.9 Å². The summed E-state index contributed by atoms with van der Waals surface area (Å²) in [6, 6.07) is 9.05. The Kier molecular flexibility index (Phi) is 4.55. The van der Waals surface area contributed by atoms with E-state index in [0.29, 0.717) is 0 Å². The van der Waals surface area contributed by atoms with Crippen LogP contribution in [0, 0.1) is 0 Å². The zero-order chi connectivity index (χ0) is 11.2. The summed E-state index contributed by atoms with van der Waals surface area (Å²) < 4.78 is 5.21. The Labute approximate surface area is 102 Å². The minimum atomic E-state index is 0.732. The fourth-order valence-corrected chi connectivity index (χ4v) is 3.13. The van der Waals surface area contributed by atoms with E-state index in [1.54, 1.807) is 7.11 Å². The van der Waals surface area contributed by atoms with Crippen LogP contribution in [0.4, 0.5) is 0 Å². The van der Waals surface area contributed by atoms with E-state index in [4.69, 9.17) is 4.74 Å². The maximum Gasteiger partial charge on any atom is 0.119 e. The van der Waals surface area contributed by atoms with Gasteiger partial charge in [-0.2, -0.15) is 11.8 Å².